The molecule has 1 aliphatic rings. The van der Waals surface area contributed by atoms with Crippen LogP contribution in [0.15, 0.2) is 12.7 Å². The fourth-order valence-corrected chi connectivity index (χ4v) is 2.07. The van der Waals surface area contributed by atoms with Crippen LogP contribution in [-0.4, -0.2) is 31.1 Å². The summed E-state index contributed by atoms with van der Waals surface area (Å²) in [4.78, 5) is 2.43. The van der Waals surface area contributed by atoms with Crippen molar-refractivity contribution >= 4 is 0 Å². The summed E-state index contributed by atoms with van der Waals surface area (Å²) in [5.41, 5.74) is 6.26. The normalized spacial score (nSPS) is 19.9. The predicted molar refractivity (Wildman–Crippen MR) is 57.6 cm³/mol. The van der Waals surface area contributed by atoms with Crippen LogP contribution in [0.25, 0.3) is 0 Å². The van der Waals surface area contributed by atoms with Crippen LogP contribution in [0.1, 0.15) is 26.2 Å². The van der Waals surface area contributed by atoms with E-state index in [-0.39, 0.29) is 0 Å². The topological polar surface area (TPSA) is 29.3 Å². The van der Waals surface area contributed by atoms with Crippen molar-refractivity contribution in [1.82, 2.24) is 4.90 Å². The van der Waals surface area contributed by atoms with Crippen LogP contribution in [0.5, 0.6) is 0 Å². The highest BCUT2D eigenvalue weighted by Crippen LogP contribution is 2.40. The average Bonchev–Trinajstić information content (AvgIpc) is 2.09. The SMILES string of the molecule is C=CCN(CC)CC1(CN)CCC1. The van der Waals surface area contributed by atoms with Gasteiger partial charge in [0.25, 0.3) is 0 Å². The molecule has 0 heterocycles. The molecular formula is C11H22N2. The molecule has 1 fully saturated rings. The highest BCUT2D eigenvalue weighted by Gasteiger charge is 2.36. The summed E-state index contributed by atoms with van der Waals surface area (Å²) in [5, 5.41) is 0. The summed E-state index contributed by atoms with van der Waals surface area (Å²) in [6.07, 6.45) is 5.98. The molecule has 0 unspecified atom stereocenters. The van der Waals surface area contributed by atoms with E-state index >= 15 is 0 Å². The van der Waals surface area contributed by atoms with Crippen LogP contribution in [0.4, 0.5) is 0 Å². The molecule has 0 radical (unpaired) electrons. The zero-order valence-electron chi connectivity index (χ0n) is 8.76. The van der Waals surface area contributed by atoms with Crippen molar-refractivity contribution in [2.24, 2.45) is 11.1 Å². The second kappa shape index (κ2) is 4.77. The number of hydrogen-bond donors (Lipinski definition) is 1. The summed E-state index contributed by atoms with van der Waals surface area (Å²) in [6.45, 7) is 10.1. The van der Waals surface area contributed by atoms with Crippen molar-refractivity contribution in [2.75, 3.05) is 26.2 Å². The molecule has 0 saturated heterocycles. The Labute approximate surface area is 81.8 Å². The average molecular weight is 182 g/mol. The van der Waals surface area contributed by atoms with E-state index in [2.05, 4.69) is 18.4 Å². The molecule has 2 nitrogen and oxygen atoms in total. The Bertz CT molecular complexity index is 156. The maximum absolute atomic E-state index is 5.82. The highest BCUT2D eigenvalue weighted by atomic mass is 15.1. The van der Waals surface area contributed by atoms with Gasteiger partial charge in [-0.1, -0.05) is 19.4 Å². The van der Waals surface area contributed by atoms with Crippen LogP contribution in [-0.2, 0) is 0 Å². The van der Waals surface area contributed by atoms with Crippen molar-refractivity contribution < 1.29 is 0 Å². The lowest BCUT2D eigenvalue weighted by molar-refractivity contribution is 0.0833. The molecular weight excluding hydrogens is 160 g/mol. The third kappa shape index (κ3) is 2.55. The molecule has 1 rings (SSSR count). The molecule has 2 N–H and O–H groups in total. The third-order valence-electron chi connectivity index (χ3n) is 3.24. The first-order valence-corrected chi connectivity index (χ1v) is 5.29. The predicted octanol–water partition coefficient (Wildman–Crippen LogP) is 1.62. The molecule has 0 aromatic rings. The van der Waals surface area contributed by atoms with Gasteiger partial charge in [-0.2, -0.15) is 0 Å². The lowest BCUT2D eigenvalue weighted by Gasteiger charge is -2.44. The quantitative estimate of drug-likeness (QED) is 0.633. The largest absolute Gasteiger partial charge is 0.330 e. The van der Waals surface area contributed by atoms with Gasteiger partial charge >= 0.3 is 0 Å². The van der Waals surface area contributed by atoms with E-state index < -0.39 is 0 Å². The van der Waals surface area contributed by atoms with Gasteiger partial charge in [0.1, 0.15) is 0 Å². The summed E-state index contributed by atoms with van der Waals surface area (Å²) in [6, 6.07) is 0. The van der Waals surface area contributed by atoms with Crippen molar-refractivity contribution in [3.05, 3.63) is 12.7 Å². The van der Waals surface area contributed by atoms with Gasteiger partial charge in [-0.3, -0.25) is 4.90 Å². The first-order valence-electron chi connectivity index (χ1n) is 5.29. The molecule has 2 heteroatoms. The summed E-state index contributed by atoms with van der Waals surface area (Å²) < 4.78 is 0. The summed E-state index contributed by atoms with van der Waals surface area (Å²) in [7, 11) is 0. The van der Waals surface area contributed by atoms with Crippen LogP contribution in [0, 0.1) is 5.41 Å². The Kier molecular flexibility index (Phi) is 3.94. The standard InChI is InChI=1S/C11H22N2/c1-3-8-13(4-2)10-11(9-12)6-5-7-11/h3H,1,4-10,12H2,2H3. The summed E-state index contributed by atoms with van der Waals surface area (Å²) in [5.74, 6) is 0. The first-order chi connectivity index (χ1) is 6.26. The van der Waals surface area contributed by atoms with Crippen molar-refractivity contribution in [1.29, 1.82) is 0 Å². The van der Waals surface area contributed by atoms with Crippen LogP contribution < -0.4 is 5.73 Å². The van der Waals surface area contributed by atoms with Gasteiger partial charge in [0.05, 0.1) is 0 Å². The number of likely N-dealkylation sites (N-methyl/N-ethyl adjacent to an activating group) is 1. The molecule has 1 saturated carbocycles. The molecule has 0 spiro atoms. The van der Waals surface area contributed by atoms with Crippen LogP contribution >= 0.6 is 0 Å². The van der Waals surface area contributed by atoms with Crippen LogP contribution in [0.3, 0.4) is 0 Å². The van der Waals surface area contributed by atoms with E-state index in [9.17, 15) is 0 Å². The van der Waals surface area contributed by atoms with E-state index in [4.69, 9.17) is 5.73 Å². The minimum atomic E-state index is 0.443. The van der Waals surface area contributed by atoms with Gasteiger partial charge in [0, 0.05) is 13.1 Å². The smallest absolute Gasteiger partial charge is 0.0160 e. The lowest BCUT2D eigenvalue weighted by Crippen LogP contribution is -2.47. The second-order valence-electron chi connectivity index (χ2n) is 4.17. The van der Waals surface area contributed by atoms with Crippen molar-refractivity contribution in [3.8, 4) is 0 Å². The molecule has 76 valence electrons. The van der Waals surface area contributed by atoms with Gasteiger partial charge < -0.3 is 5.73 Å². The second-order valence-corrected chi connectivity index (χ2v) is 4.17. The van der Waals surface area contributed by atoms with Gasteiger partial charge in [-0.05, 0) is 31.3 Å². The van der Waals surface area contributed by atoms with E-state index in [0.717, 1.165) is 26.2 Å². The van der Waals surface area contributed by atoms with Crippen LogP contribution in [0.2, 0.25) is 0 Å². The maximum atomic E-state index is 5.82. The van der Waals surface area contributed by atoms with E-state index in [1.54, 1.807) is 0 Å². The Morgan fingerprint density at radius 1 is 1.54 bits per heavy atom. The Morgan fingerprint density at radius 2 is 2.23 bits per heavy atom. The lowest BCUT2D eigenvalue weighted by atomic mass is 9.68. The molecule has 0 aromatic heterocycles. The van der Waals surface area contributed by atoms with E-state index in [1.807, 2.05) is 6.08 Å². The number of rotatable bonds is 6. The van der Waals surface area contributed by atoms with Gasteiger partial charge in [-0.15, -0.1) is 6.58 Å². The number of nitrogens with two attached hydrogens (primary N) is 1. The van der Waals surface area contributed by atoms with E-state index in [0.29, 0.717) is 5.41 Å². The van der Waals surface area contributed by atoms with Gasteiger partial charge in [-0.25, -0.2) is 0 Å². The van der Waals surface area contributed by atoms with Gasteiger partial charge in [0.15, 0.2) is 0 Å². The monoisotopic (exact) mass is 182 g/mol. The molecule has 13 heavy (non-hydrogen) atoms. The Morgan fingerprint density at radius 3 is 2.54 bits per heavy atom. The molecule has 0 bridgehead atoms. The minimum absolute atomic E-state index is 0.443. The molecule has 1 aliphatic carbocycles. The van der Waals surface area contributed by atoms with Gasteiger partial charge in [0.2, 0.25) is 0 Å². The molecule has 0 aromatic carbocycles. The van der Waals surface area contributed by atoms with Crippen molar-refractivity contribution in [2.45, 2.75) is 26.2 Å². The third-order valence-corrected chi connectivity index (χ3v) is 3.24. The highest BCUT2D eigenvalue weighted by molar-refractivity contribution is 4.92. The first kappa shape index (κ1) is 10.7. The molecule has 0 atom stereocenters. The summed E-state index contributed by atoms with van der Waals surface area (Å²) >= 11 is 0. The minimum Gasteiger partial charge on any atom is -0.330 e. The zero-order valence-corrected chi connectivity index (χ0v) is 8.76. The fraction of sp³-hybridized carbons (Fsp3) is 0.818. The number of hydrogen-bond acceptors (Lipinski definition) is 2. The van der Waals surface area contributed by atoms with Crippen molar-refractivity contribution in [3.63, 3.8) is 0 Å². The molecule has 0 amide bonds. The zero-order chi connectivity index (χ0) is 9.73. The Balaban J connectivity index is 2.38. The van der Waals surface area contributed by atoms with E-state index in [1.165, 1.54) is 19.3 Å². The maximum Gasteiger partial charge on any atom is 0.0160 e. The molecule has 0 aliphatic heterocycles. The fourth-order valence-electron chi connectivity index (χ4n) is 2.07. The Hall–Kier alpha value is -0.340. The number of nitrogens with zero attached hydrogens (tertiary/aromatic N) is 1.